The Morgan fingerprint density at radius 1 is 1.26 bits per heavy atom. The average Bonchev–Trinajstić information content (AvgIpc) is 3.09. The van der Waals surface area contributed by atoms with E-state index in [1.54, 1.807) is 11.8 Å². The number of rotatable bonds is 5. The number of hydrogen-bond acceptors (Lipinski definition) is 5. The van der Waals surface area contributed by atoms with E-state index in [4.69, 9.17) is 5.73 Å². The Labute approximate surface area is 139 Å². The number of H-pyrrole nitrogens is 1. The van der Waals surface area contributed by atoms with Gasteiger partial charge in [0.25, 0.3) is 5.91 Å². The van der Waals surface area contributed by atoms with Crippen LogP contribution in [0.15, 0.2) is 35.7 Å². The number of amides is 1. The maximum absolute atomic E-state index is 12.3. The van der Waals surface area contributed by atoms with Crippen LogP contribution in [0.5, 0.6) is 0 Å². The number of carbonyl (C=O) groups is 1. The van der Waals surface area contributed by atoms with Crippen molar-refractivity contribution in [2.75, 3.05) is 0 Å². The van der Waals surface area contributed by atoms with Crippen molar-refractivity contribution in [3.63, 3.8) is 0 Å². The summed E-state index contributed by atoms with van der Waals surface area (Å²) in [6, 6.07) is 8.26. The molecule has 1 amide bonds. The van der Waals surface area contributed by atoms with Crippen LogP contribution in [0.4, 0.5) is 0 Å². The molecule has 4 N–H and O–H groups in total. The van der Waals surface area contributed by atoms with E-state index < -0.39 is 0 Å². The number of benzene rings is 1. The molecule has 0 atom stereocenters. The second kappa shape index (κ2) is 7.61. The summed E-state index contributed by atoms with van der Waals surface area (Å²) in [5.41, 5.74) is 7.74. The molecule has 122 valence electrons. The molecule has 0 spiro atoms. The number of carbonyl (C=O) groups excluding carboxylic acids is 1. The van der Waals surface area contributed by atoms with Crippen molar-refractivity contribution in [2.45, 2.75) is 48.7 Å². The van der Waals surface area contributed by atoms with E-state index in [0.717, 1.165) is 42.2 Å². The Bertz CT molecular complexity index is 620. The molecular formula is C16H21N5OS. The molecule has 0 saturated heterocycles. The van der Waals surface area contributed by atoms with E-state index in [-0.39, 0.29) is 11.9 Å². The monoisotopic (exact) mass is 331 g/mol. The van der Waals surface area contributed by atoms with Gasteiger partial charge in [-0.25, -0.2) is 4.98 Å². The van der Waals surface area contributed by atoms with Gasteiger partial charge >= 0.3 is 0 Å². The minimum Gasteiger partial charge on any atom is -0.349 e. The predicted molar refractivity (Wildman–Crippen MR) is 90.1 cm³/mol. The summed E-state index contributed by atoms with van der Waals surface area (Å²) in [6.07, 6.45) is 5.41. The van der Waals surface area contributed by atoms with Crippen LogP contribution in [0.2, 0.25) is 0 Å². The Morgan fingerprint density at radius 3 is 2.65 bits per heavy atom. The maximum atomic E-state index is 12.3. The molecular weight excluding hydrogens is 310 g/mol. The Kier molecular flexibility index (Phi) is 5.30. The standard InChI is InChI=1S/C16H21N5OS/c17-13-5-7-14(8-6-13)20-15(22)12-3-1-11(2-4-12)9-23-16-18-10-19-21-16/h1-4,10,13-14H,5-9,17H2,(H,20,22)(H,18,19,21). The van der Waals surface area contributed by atoms with Crippen LogP contribution >= 0.6 is 11.8 Å². The van der Waals surface area contributed by atoms with Crippen LogP contribution in [-0.4, -0.2) is 33.2 Å². The number of aromatic nitrogens is 3. The van der Waals surface area contributed by atoms with Gasteiger partial charge in [0.05, 0.1) is 0 Å². The molecule has 2 aromatic rings. The Hall–Kier alpha value is -1.86. The van der Waals surface area contributed by atoms with Gasteiger partial charge in [-0.15, -0.1) is 0 Å². The second-order valence-corrected chi connectivity index (χ2v) is 6.83. The molecule has 23 heavy (non-hydrogen) atoms. The zero-order valence-electron chi connectivity index (χ0n) is 12.9. The van der Waals surface area contributed by atoms with E-state index in [0.29, 0.717) is 11.6 Å². The zero-order valence-corrected chi connectivity index (χ0v) is 13.7. The lowest BCUT2D eigenvalue weighted by Gasteiger charge is -2.26. The lowest BCUT2D eigenvalue weighted by molar-refractivity contribution is 0.0926. The summed E-state index contributed by atoms with van der Waals surface area (Å²) in [6.45, 7) is 0. The first-order valence-corrected chi connectivity index (χ1v) is 8.83. The van der Waals surface area contributed by atoms with Gasteiger partial charge in [-0.05, 0) is 43.4 Å². The van der Waals surface area contributed by atoms with Gasteiger partial charge in [0, 0.05) is 23.4 Å². The van der Waals surface area contributed by atoms with E-state index in [2.05, 4.69) is 20.5 Å². The smallest absolute Gasteiger partial charge is 0.251 e. The molecule has 0 radical (unpaired) electrons. The third-order valence-electron chi connectivity index (χ3n) is 4.09. The average molecular weight is 331 g/mol. The van der Waals surface area contributed by atoms with E-state index in [1.807, 2.05) is 24.3 Å². The summed E-state index contributed by atoms with van der Waals surface area (Å²) < 4.78 is 0. The van der Waals surface area contributed by atoms with E-state index in [9.17, 15) is 4.79 Å². The van der Waals surface area contributed by atoms with Crippen molar-refractivity contribution in [3.8, 4) is 0 Å². The molecule has 1 aliphatic carbocycles. The first-order chi connectivity index (χ1) is 11.2. The van der Waals surface area contributed by atoms with Crippen molar-refractivity contribution in [1.82, 2.24) is 20.5 Å². The summed E-state index contributed by atoms with van der Waals surface area (Å²) in [5, 5.41) is 10.5. The molecule has 0 bridgehead atoms. The molecule has 1 aliphatic rings. The highest BCUT2D eigenvalue weighted by molar-refractivity contribution is 7.98. The molecule has 7 heteroatoms. The SMILES string of the molecule is NC1CCC(NC(=O)c2ccc(CSc3ncn[nH]3)cc2)CC1. The maximum Gasteiger partial charge on any atom is 0.251 e. The van der Waals surface area contributed by atoms with Crippen LogP contribution in [-0.2, 0) is 5.75 Å². The molecule has 3 rings (SSSR count). The lowest BCUT2D eigenvalue weighted by atomic mass is 9.91. The second-order valence-electron chi connectivity index (χ2n) is 5.86. The third-order valence-corrected chi connectivity index (χ3v) is 5.04. The number of hydrogen-bond donors (Lipinski definition) is 3. The molecule has 1 aromatic heterocycles. The van der Waals surface area contributed by atoms with Crippen molar-refractivity contribution < 1.29 is 4.79 Å². The number of nitrogens with one attached hydrogen (secondary N) is 2. The molecule has 6 nitrogen and oxygen atoms in total. The van der Waals surface area contributed by atoms with Gasteiger partial charge in [-0.1, -0.05) is 23.9 Å². The zero-order chi connectivity index (χ0) is 16.1. The third kappa shape index (κ3) is 4.56. The minimum absolute atomic E-state index is 0.0000842. The molecule has 0 unspecified atom stereocenters. The quantitative estimate of drug-likeness (QED) is 0.729. The van der Waals surface area contributed by atoms with Crippen LogP contribution in [0, 0.1) is 0 Å². The van der Waals surface area contributed by atoms with Crippen LogP contribution in [0.1, 0.15) is 41.6 Å². The van der Waals surface area contributed by atoms with Gasteiger partial charge in [0.1, 0.15) is 6.33 Å². The first kappa shape index (κ1) is 16.0. The van der Waals surface area contributed by atoms with Gasteiger partial charge in [0.15, 0.2) is 5.16 Å². The van der Waals surface area contributed by atoms with Crippen molar-refractivity contribution in [2.24, 2.45) is 5.73 Å². The van der Waals surface area contributed by atoms with Crippen LogP contribution in [0.25, 0.3) is 0 Å². The largest absolute Gasteiger partial charge is 0.349 e. The van der Waals surface area contributed by atoms with Crippen molar-refractivity contribution in [1.29, 1.82) is 0 Å². The van der Waals surface area contributed by atoms with Crippen LogP contribution < -0.4 is 11.1 Å². The van der Waals surface area contributed by atoms with Crippen molar-refractivity contribution >= 4 is 17.7 Å². The van der Waals surface area contributed by atoms with Gasteiger partial charge < -0.3 is 11.1 Å². The Morgan fingerprint density at radius 2 is 2.00 bits per heavy atom. The fourth-order valence-electron chi connectivity index (χ4n) is 2.70. The lowest BCUT2D eigenvalue weighted by Crippen LogP contribution is -2.40. The topological polar surface area (TPSA) is 96.7 Å². The highest BCUT2D eigenvalue weighted by atomic mass is 32.2. The summed E-state index contributed by atoms with van der Waals surface area (Å²) in [4.78, 5) is 16.4. The fourth-order valence-corrected chi connectivity index (χ4v) is 3.43. The van der Waals surface area contributed by atoms with Gasteiger partial charge in [0.2, 0.25) is 0 Å². The molecule has 1 aromatic carbocycles. The number of thioether (sulfide) groups is 1. The number of nitrogens with two attached hydrogens (primary N) is 1. The number of nitrogens with zero attached hydrogens (tertiary/aromatic N) is 2. The highest BCUT2D eigenvalue weighted by Crippen LogP contribution is 2.19. The molecule has 0 aliphatic heterocycles. The van der Waals surface area contributed by atoms with E-state index >= 15 is 0 Å². The molecule has 1 fully saturated rings. The molecule has 1 heterocycles. The highest BCUT2D eigenvalue weighted by Gasteiger charge is 2.20. The first-order valence-electron chi connectivity index (χ1n) is 7.84. The van der Waals surface area contributed by atoms with Crippen molar-refractivity contribution in [3.05, 3.63) is 41.7 Å². The normalized spacial score (nSPS) is 21.1. The van der Waals surface area contributed by atoms with Crippen LogP contribution in [0.3, 0.4) is 0 Å². The summed E-state index contributed by atoms with van der Waals surface area (Å²) >= 11 is 1.58. The van der Waals surface area contributed by atoms with Gasteiger partial charge in [-0.3, -0.25) is 9.89 Å². The number of aromatic amines is 1. The summed E-state index contributed by atoms with van der Waals surface area (Å²) in [5.74, 6) is 0.789. The Balaban J connectivity index is 1.51. The summed E-state index contributed by atoms with van der Waals surface area (Å²) in [7, 11) is 0. The molecule has 1 saturated carbocycles. The predicted octanol–water partition coefficient (Wildman–Crippen LogP) is 2.10. The van der Waals surface area contributed by atoms with Gasteiger partial charge in [-0.2, -0.15) is 5.10 Å². The van der Waals surface area contributed by atoms with E-state index in [1.165, 1.54) is 6.33 Å². The minimum atomic E-state index is -0.0000842. The fraction of sp³-hybridized carbons (Fsp3) is 0.438.